The van der Waals surface area contributed by atoms with Gasteiger partial charge in [0.15, 0.2) is 5.75 Å². The van der Waals surface area contributed by atoms with Gasteiger partial charge in [0, 0.05) is 19.1 Å². The molecule has 21 heavy (non-hydrogen) atoms. The summed E-state index contributed by atoms with van der Waals surface area (Å²) < 4.78 is 0. The topological polar surface area (TPSA) is 102 Å². The van der Waals surface area contributed by atoms with E-state index in [1.807, 2.05) is 7.05 Å². The van der Waals surface area contributed by atoms with Crippen LogP contribution in [0.1, 0.15) is 23.2 Å². The number of hydrogen-bond donors (Lipinski definition) is 4. The van der Waals surface area contributed by atoms with Crippen LogP contribution in [0.5, 0.6) is 5.75 Å². The number of carboxylic acids is 1. The Morgan fingerprint density at radius 2 is 2.10 bits per heavy atom. The van der Waals surface area contributed by atoms with Gasteiger partial charge in [-0.05, 0) is 32.0 Å². The molecule has 0 bridgehead atoms. The van der Waals surface area contributed by atoms with E-state index in [2.05, 4.69) is 15.5 Å². The minimum absolute atomic E-state index is 0.0722. The number of para-hydroxylation sites is 1. The Labute approximate surface area is 122 Å². The lowest BCUT2D eigenvalue weighted by Gasteiger charge is -2.16. The highest BCUT2D eigenvalue weighted by Gasteiger charge is 2.25. The molecule has 0 aliphatic heterocycles. The lowest BCUT2D eigenvalue weighted by molar-refractivity contribution is 0.0693. The molecule has 0 saturated heterocycles. The molecule has 4 N–H and O–H groups in total. The zero-order chi connectivity index (χ0) is 15.4. The molecule has 7 nitrogen and oxygen atoms in total. The van der Waals surface area contributed by atoms with Crippen LogP contribution in [0, 0.1) is 0 Å². The van der Waals surface area contributed by atoms with E-state index in [-0.39, 0.29) is 11.3 Å². The number of aromatic hydroxyl groups is 1. The molecule has 1 aliphatic rings. The second-order valence-electron chi connectivity index (χ2n) is 5.10. The van der Waals surface area contributed by atoms with Gasteiger partial charge in [-0.1, -0.05) is 6.07 Å². The molecule has 0 spiro atoms. The van der Waals surface area contributed by atoms with Crippen LogP contribution in [0.2, 0.25) is 0 Å². The van der Waals surface area contributed by atoms with Crippen molar-refractivity contribution in [3.63, 3.8) is 0 Å². The summed E-state index contributed by atoms with van der Waals surface area (Å²) in [6.07, 6.45) is 2.41. The first-order valence-electron chi connectivity index (χ1n) is 6.79. The molecule has 114 valence electrons. The number of carbonyl (C=O) groups excluding carboxylic acids is 1. The molecule has 1 aromatic rings. The second kappa shape index (κ2) is 6.45. The van der Waals surface area contributed by atoms with Crippen molar-refractivity contribution in [2.75, 3.05) is 25.5 Å². The van der Waals surface area contributed by atoms with Gasteiger partial charge in [-0.2, -0.15) is 0 Å². The molecular formula is C14H19N3O4. The predicted molar refractivity (Wildman–Crippen MR) is 77.7 cm³/mol. The molecule has 0 aromatic heterocycles. The van der Waals surface area contributed by atoms with Crippen LogP contribution in [0.3, 0.4) is 0 Å². The number of rotatable bonds is 6. The zero-order valence-electron chi connectivity index (χ0n) is 11.8. The maximum atomic E-state index is 11.7. The number of hydrogen-bond acceptors (Lipinski definition) is 4. The first kappa shape index (κ1) is 15.1. The number of urea groups is 1. The fraction of sp³-hybridized carbons (Fsp3) is 0.429. The second-order valence-corrected chi connectivity index (χ2v) is 5.10. The maximum absolute atomic E-state index is 11.7. The van der Waals surface area contributed by atoms with Gasteiger partial charge in [-0.15, -0.1) is 0 Å². The van der Waals surface area contributed by atoms with Crippen LogP contribution in [-0.4, -0.2) is 53.3 Å². The minimum atomic E-state index is -1.25. The van der Waals surface area contributed by atoms with Gasteiger partial charge in [0.05, 0.1) is 5.69 Å². The Morgan fingerprint density at radius 3 is 2.71 bits per heavy atom. The first-order valence-corrected chi connectivity index (χ1v) is 6.79. The first-order chi connectivity index (χ1) is 9.99. The van der Waals surface area contributed by atoms with E-state index in [0.29, 0.717) is 12.6 Å². The van der Waals surface area contributed by atoms with Crippen molar-refractivity contribution in [3.05, 3.63) is 23.8 Å². The monoisotopic (exact) mass is 293 g/mol. The van der Waals surface area contributed by atoms with Crippen LogP contribution in [0.4, 0.5) is 10.5 Å². The summed E-state index contributed by atoms with van der Waals surface area (Å²) in [4.78, 5) is 24.8. The van der Waals surface area contributed by atoms with Crippen molar-refractivity contribution >= 4 is 17.7 Å². The number of aromatic carboxylic acids is 1. The number of amides is 2. The van der Waals surface area contributed by atoms with Gasteiger partial charge in [0.25, 0.3) is 0 Å². The summed E-state index contributed by atoms with van der Waals surface area (Å²) in [6, 6.07) is 4.33. The molecular weight excluding hydrogens is 274 g/mol. The number of phenols is 1. The van der Waals surface area contributed by atoms with E-state index in [1.54, 1.807) is 0 Å². The summed E-state index contributed by atoms with van der Waals surface area (Å²) >= 11 is 0. The van der Waals surface area contributed by atoms with Gasteiger partial charge in [-0.3, -0.25) is 0 Å². The summed E-state index contributed by atoms with van der Waals surface area (Å²) in [6.45, 7) is 1.23. The molecule has 2 rings (SSSR count). The molecule has 1 saturated carbocycles. The molecule has 1 aromatic carbocycles. The normalized spacial score (nSPS) is 14.0. The number of carboxylic acid groups (broad SMARTS) is 1. The van der Waals surface area contributed by atoms with Crippen molar-refractivity contribution in [1.82, 2.24) is 10.2 Å². The van der Waals surface area contributed by atoms with Crippen LogP contribution >= 0.6 is 0 Å². The molecule has 0 heterocycles. The van der Waals surface area contributed by atoms with Crippen molar-refractivity contribution in [2.24, 2.45) is 0 Å². The lowest BCUT2D eigenvalue weighted by Crippen LogP contribution is -2.36. The zero-order valence-corrected chi connectivity index (χ0v) is 11.8. The van der Waals surface area contributed by atoms with E-state index >= 15 is 0 Å². The van der Waals surface area contributed by atoms with Crippen molar-refractivity contribution in [1.29, 1.82) is 0 Å². The highest BCUT2D eigenvalue weighted by molar-refractivity contribution is 5.97. The number of anilines is 1. The number of benzene rings is 1. The molecule has 0 radical (unpaired) electrons. The molecule has 0 atom stereocenters. The summed E-state index contributed by atoms with van der Waals surface area (Å²) in [7, 11) is 2.01. The van der Waals surface area contributed by atoms with Crippen LogP contribution in [0.25, 0.3) is 0 Å². The van der Waals surface area contributed by atoms with Crippen molar-refractivity contribution in [3.8, 4) is 5.75 Å². The molecule has 1 aliphatic carbocycles. The van der Waals surface area contributed by atoms with Gasteiger partial charge in [0.1, 0.15) is 5.56 Å². The Bertz CT molecular complexity index is 543. The Morgan fingerprint density at radius 1 is 1.38 bits per heavy atom. The number of carbonyl (C=O) groups is 2. The summed E-state index contributed by atoms with van der Waals surface area (Å²) in [5.41, 5.74) is -0.177. The van der Waals surface area contributed by atoms with Gasteiger partial charge in [-0.25, -0.2) is 9.59 Å². The molecule has 7 heteroatoms. The Kier molecular flexibility index (Phi) is 4.64. The Hall–Kier alpha value is -2.28. The summed E-state index contributed by atoms with van der Waals surface area (Å²) in [5, 5.41) is 23.8. The van der Waals surface area contributed by atoms with Crippen molar-refractivity contribution < 1.29 is 19.8 Å². The van der Waals surface area contributed by atoms with E-state index in [0.717, 1.165) is 6.54 Å². The molecule has 0 unspecified atom stereocenters. The fourth-order valence-electron chi connectivity index (χ4n) is 2.03. The van der Waals surface area contributed by atoms with Gasteiger partial charge < -0.3 is 25.7 Å². The summed E-state index contributed by atoms with van der Waals surface area (Å²) in [5.74, 6) is -1.70. The van der Waals surface area contributed by atoms with E-state index in [9.17, 15) is 14.7 Å². The van der Waals surface area contributed by atoms with Crippen LogP contribution in [-0.2, 0) is 0 Å². The minimum Gasteiger partial charge on any atom is -0.505 e. The SMILES string of the molecule is CN(CCNC(=O)Nc1cccc(C(=O)O)c1O)C1CC1. The van der Waals surface area contributed by atoms with E-state index in [1.165, 1.54) is 31.0 Å². The molecule has 2 amide bonds. The van der Waals surface area contributed by atoms with Crippen LogP contribution in [0.15, 0.2) is 18.2 Å². The average molecular weight is 293 g/mol. The maximum Gasteiger partial charge on any atom is 0.339 e. The van der Waals surface area contributed by atoms with Gasteiger partial charge >= 0.3 is 12.0 Å². The quantitative estimate of drug-likeness (QED) is 0.592. The third kappa shape index (κ3) is 4.09. The van der Waals surface area contributed by atoms with E-state index < -0.39 is 17.7 Å². The number of likely N-dealkylation sites (N-methyl/N-ethyl adjacent to an activating group) is 1. The third-order valence-electron chi connectivity index (χ3n) is 3.43. The lowest BCUT2D eigenvalue weighted by atomic mass is 10.2. The van der Waals surface area contributed by atoms with E-state index in [4.69, 9.17) is 5.11 Å². The average Bonchev–Trinajstić information content (AvgIpc) is 3.25. The smallest absolute Gasteiger partial charge is 0.339 e. The highest BCUT2D eigenvalue weighted by Crippen LogP contribution is 2.27. The number of nitrogens with zero attached hydrogens (tertiary/aromatic N) is 1. The van der Waals surface area contributed by atoms with Gasteiger partial charge in [0.2, 0.25) is 0 Å². The van der Waals surface area contributed by atoms with Crippen LogP contribution < -0.4 is 10.6 Å². The standard InChI is InChI=1S/C14H19N3O4/c1-17(9-5-6-9)8-7-15-14(21)16-11-4-2-3-10(12(11)18)13(19)20/h2-4,9,18H,5-8H2,1H3,(H,19,20)(H2,15,16,21). The number of nitrogens with one attached hydrogen (secondary N) is 2. The van der Waals surface area contributed by atoms with Crippen molar-refractivity contribution in [2.45, 2.75) is 18.9 Å². The third-order valence-corrected chi connectivity index (χ3v) is 3.43. The predicted octanol–water partition coefficient (Wildman–Crippen LogP) is 1.31. The highest BCUT2D eigenvalue weighted by atomic mass is 16.4. The largest absolute Gasteiger partial charge is 0.505 e. The fourth-order valence-corrected chi connectivity index (χ4v) is 2.03. The Balaban J connectivity index is 1.84. The molecule has 1 fully saturated rings.